The van der Waals surface area contributed by atoms with Gasteiger partial charge in [0.25, 0.3) is 0 Å². The van der Waals surface area contributed by atoms with E-state index >= 15 is 0 Å². The van der Waals surface area contributed by atoms with Crippen molar-refractivity contribution in [2.45, 2.75) is 26.3 Å². The fourth-order valence-corrected chi connectivity index (χ4v) is 2.29. The van der Waals surface area contributed by atoms with Gasteiger partial charge in [0.1, 0.15) is 11.8 Å². The van der Waals surface area contributed by atoms with Crippen LogP contribution in [-0.2, 0) is 4.79 Å². The van der Waals surface area contributed by atoms with E-state index in [1.165, 1.54) is 0 Å². The van der Waals surface area contributed by atoms with E-state index in [2.05, 4.69) is 24.5 Å². The average Bonchev–Trinajstić information content (AvgIpc) is 2.63. The maximum atomic E-state index is 11.7. The highest BCUT2D eigenvalue weighted by atomic mass is 35.5. The molecule has 1 aromatic rings. The van der Waals surface area contributed by atoms with Crippen LogP contribution in [0.3, 0.4) is 0 Å². The zero-order valence-electron chi connectivity index (χ0n) is 11.4. The first kappa shape index (κ1) is 14.2. The van der Waals surface area contributed by atoms with Gasteiger partial charge in [0.15, 0.2) is 0 Å². The lowest BCUT2D eigenvalue weighted by Gasteiger charge is -2.12. The number of benzene rings is 1. The minimum Gasteiger partial charge on any atom is -0.492 e. The Morgan fingerprint density at radius 2 is 2.21 bits per heavy atom. The molecule has 0 fully saturated rings. The number of halogens is 1. The minimum atomic E-state index is -0.336. The topological polar surface area (TPSA) is 50.4 Å². The molecule has 2 rings (SSSR count). The number of rotatable bonds is 5. The molecular formula is C14H19ClN2O2. The van der Waals surface area contributed by atoms with E-state index in [1.807, 2.05) is 0 Å². The third-order valence-electron chi connectivity index (χ3n) is 3.18. The van der Waals surface area contributed by atoms with Crippen molar-refractivity contribution in [2.24, 2.45) is 5.92 Å². The molecule has 0 aliphatic carbocycles. The molecule has 1 aliphatic heterocycles. The molecule has 0 spiro atoms. The predicted octanol–water partition coefficient (Wildman–Crippen LogP) is 2.98. The Bertz CT molecular complexity index is 489. The van der Waals surface area contributed by atoms with Crippen molar-refractivity contribution in [1.82, 2.24) is 5.32 Å². The lowest BCUT2D eigenvalue weighted by molar-refractivity contribution is -0.117. The summed E-state index contributed by atoms with van der Waals surface area (Å²) >= 11 is 6.20. The lowest BCUT2D eigenvalue weighted by Crippen LogP contribution is -2.23. The second kappa shape index (κ2) is 5.80. The normalized spacial score (nSPS) is 17.5. The summed E-state index contributed by atoms with van der Waals surface area (Å²) in [4.78, 5) is 11.7. The molecule has 1 unspecified atom stereocenters. The quantitative estimate of drug-likeness (QED) is 0.873. The van der Waals surface area contributed by atoms with E-state index in [-0.39, 0.29) is 11.9 Å². The van der Waals surface area contributed by atoms with Crippen LogP contribution in [0.1, 0.15) is 31.9 Å². The molecule has 0 saturated heterocycles. The molecule has 0 radical (unpaired) electrons. The van der Waals surface area contributed by atoms with E-state index in [4.69, 9.17) is 16.3 Å². The third kappa shape index (κ3) is 3.01. The van der Waals surface area contributed by atoms with Crippen molar-refractivity contribution in [2.75, 3.05) is 19.0 Å². The molecule has 19 heavy (non-hydrogen) atoms. The summed E-state index contributed by atoms with van der Waals surface area (Å²) in [7, 11) is 1.75. The highest BCUT2D eigenvalue weighted by Gasteiger charge is 2.30. The first-order chi connectivity index (χ1) is 9.02. The van der Waals surface area contributed by atoms with Gasteiger partial charge in [-0.1, -0.05) is 25.4 Å². The molecule has 2 N–H and O–H groups in total. The predicted molar refractivity (Wildman–Crippen MR) is 76.8 cm³/mol. The SMILES string of the molecule is CNC1C(=O)Nc2cc(OCCC(C)C)c(Cl)cc21. The summed E-state index contributed by atoms with van der Waals surface area (Å²) in [6.45, 7) is 4.91. The molecule has 0 saturated carbocycles. The molecule has 1 aliphatic rings. The molecule has 0 aromatic heterocycles. The van der Waals surface area contributed by atoms with Gasteiger partial charge < -0.3 is 15.4 Å². The summed E-state index contributed by atoms with van der Waals surface area (Å²) < 4.78 is 5.67. The summed E-state index contributed by atoms with van der Waals surface area (Å²) in [6.07, 6.45) is 0.971. The van der Waals surface area contributed by atoms with Crippen LogP contribution in [0.25, 0.3) is 0 Å². The Labute approximate surface area is 118 Å². The largest absolute Gasteiger partial charge is 0.492 e. The Morgan fingerprint density at radius 3 is 2.84 bits per heavy atom. The second-order valence-electron chi connectivity index (χ2n) is 5.11. The monoisotopic (exact) mass is 282 g/mol. The van der Waals surface area contributed by atoms with Crippen LogP contribution in [0, 0.1) is 5.92 Å². The number of fused-ring (bicyclic) bond motifs is 1. The highest BCUT2D eigenvalue weighted by Crippen LogP contribution is 2.38. The van der Waals surface area contributed by atoms with E-state index in [9.17, 15) is 4.79 Å². The minimum absolute atomic E-state index is 0.0621. The number of anilines is 1. The summed E-state index contributed by atoms with van der Waals surface area (Å²) in [5, 5.41) is 6.33. The van der Waals surface area contributed by atoms with E-state index in [0.717, 1.165) is 17.7 Å². The summed E-state index contributed by atoms with van der Waals surface area (Å²) in [5.74, 6) is 1.15. The van der Waals surface area contributed by atoms with Gasteiger partial charge in [-0.3, -0.25) is 4.79 Å². The molecule has 1 heterocycles. The lowest BCUT2D eigenvalue weighted by atomic mass is 10.1. The third-order valence-corrected chi connectivity index (χ3v) is 3.47. The number of ether oxygens (including phenoxy) is 1. The maximum Gasteiger partial charge on any atom is 0.246 e. The number of carbonyl (C=O) groups excluding carboxylic acids is 1. The Hall–Kier alpha value is -1.26. The molecule has 1 aromatic carbocycles. The van der Waals surface area contributed by atoms with Crippen molar-refractivity contribution in [3.8, 4) is 5.75 Å². The van der Waals surface area contributed by atoms with Gasteiger partial charge in [-0.25, -0.2) is 0 Å². The van der Waals surface area contributed by atoms with Gasteiger partial charge in [0.2, 0.25) is 5.91 Å². The van der Waals surface area contributed by atoms with Gasteiger partial charge in [-0.15, -0.1) is 0 Å². The molecular weight excluding hydrogens is 264 g/mol. The fraction of sp³-hybridized carbons (Fsp3) is 0.500. The number of likely N-dealkylation sites (N-methyl/N-ethyl adjacent to an activating group) is 1. The Kier molecular flexibility index (Phi) is 4.32. The van der Waals surface area contributed by atoms with Crippen LogP contribution in [0.5, 0.6) is 5.75 Å². The molecule has 5 heteroatoms. The zero-order valence-corrected chi connectivity index (χ0v) is 12.2. The number of nitrogens with one attached hydrogen (secondary N) is 2. The van der Waals surface area contributed by atoms with Crippen LogP contribution in [0.4, 0.5) is 5.69 Å². The number of amides is 1. The molecule has 0 bridgehead atoms. The Balaban J connectivity index is 2.16. The van der Waals surface area contributed by atoms with Crippen LogP contribution < -0.4 is 15.4 Å². The first-order valence-electron chi connectivity index (χ1n) is 6.47. The fourth-order valence-electron chi connectivity index (χ4n) is 2.06. The van der Waals surface area contributed by atoms with Crippen molar-refractivity contribution < 1.29 is 9.53 Å². The zero-order chi connectivity index (χ0) is 14.0. The molecule has 104 valence electrons. The molecule has 1 atom stereocenters. The first-order valence-corrected chi connectivity index (χ1v) is 6.85. The second-order valence-corrected chi connectivity index (χ2v) is 5.52. The average molecular weight is 283 g/mol. The van der Waals surface area contributed by atoms with Crippen molar-refractivity contribution in [3.05, 3.63) is 22.7 Å². The van der Waals surface area contributed by atoms with E-state index in [1.54, 1.807) is 19.2 Å². The highest BCUT2D eigenvalue weighted by molar-refractivity contribution is 6.32. The van der Waals surface area contributed by atoms with Crippen molar-refractivity contribution in [1.29, 1.82) is 0 Å². The van der Waals surface area contributed by atoms with Gasteiger partial charge in [-0.2, -0.15) is 0 Å². The van der Waals surface area contributed by atoms with Crippen LogP contribution in [0.2, 0.25) is 5.02 Å². The summed E-state index contributed by atoms with van der Waals surface area (Å²) in [6, 6.07) is 3.26. The smallest absolute Gasteiger partial charge is 0.246 e. The maximum absolute atomic E-state index is 11.7. The van der Waals surface area contributed by atoms with Crippen LogP contribution in [0.15, 0.2) is 12.1 Å². The van der Waals surface area contributed by atoms with Crippen LogP contribution >= 0.6 is 11.6 Å². The standard InChI is InChI=1S/C14H19ClN2O2/c1-8(2)4-5-19-12-7-11-9(6-10(12)15)13(16-3)14(18)17-11/h6-8,13,16H,4-5H2,1-3H3,(H,17,18). The van der Waals surface area contributed by atoms with E-state index < -0.39 is 0 Å². The van der Waals surface area contributed by atoms with Gasteiger partial charge >= 0.3 is 0 Å². The van der Waals surface area contributed by atoms with Crippen molar-refractivity contribution >= 4 is 23.2 Å². The number of hydrogen-bond donors (Lipinski definition) is 2. The number of hydrogen-bond acceptors (Lipinski definition) is 3. The number of carbonyl (C=O) groups is 1. The molecule has 4 nitrogen and oxygen atoms in total. The Morgan fingerprint density at radius 1 is 1.47 bits per heavy atom. The summed E-state index contributed by atoms with van der Waals surface area (Å²) in [5.41, 5.74) is 1.64. The molecule has 1 amide bonds. The van der Waals surface area contributed by atoms with Gasteiger partial charge in [0.05, 0.1) is 11.6 Å². The van der Waals surface area contributed by atoms with Crippen LogP contribution in [-0.4, -0.2) is 19.6 Å². The van der Waals surface area contributed by atoms with Crippen molar-refractivity contribution in [3.63, 3.8) is 0 Å². The van der Waals surface area contributed by atoms with E-state index in [0.29, 0.717) is 23.3 Å². The van der Waals surface area contributed by atoms with Gasteiger partial charge in [0, 0.05) is 17.3 Å². The van der Waals surface area contributed by atoms with Gasteiger partial charge in [-0.05, 0) is 25.5 Å².